The number of halogens is 2. The van der Waals surface area contributed by atoms with Crippen molar-refractivity contribution in [2.45, 2.75) is 12.8 Å². The summed E-state index contributed by atoms with van der Waals surface area (Å²) < 4.78 is 13.3. The van der Waals surface area contributed by atoms with Crippen LogP contribution < -0.4 is 16.4 Å². The lowest BCUT2D eigenvalue weighted by molar-refractivity contribution is -0.130. The van der Waals surface area contributed by atoms with E-state index in [0.29, 0.717) is 11.1 Å². The molecule has 1 atom stereocenters. The first kappa shape index (κ1) is 20.4. The molecule has 2 aromatic carbocycles. The Bertz CT molecular complexity index is 856. The first-order chi connectivity index (χ1) is 12.8. The zero-order chi connectivity index (χ0) is 20.0. The van der Waals surface area contributed by atoms with Crippen molar-refractivity contribution in [3.63, 3.8) is 0 Å². The van der Waals surface area contributed by atoms with Gasteiger partial charge in [-0.25, -0.2) is 4.39 Å². The summed E-state index contributed by atoms with van der Waals surface area (Å²) in [6.07, 6.45) is 0. The molecule has 0 bridgehead atoms. The molecule has 8 heteroatoms. The quantitative estimate of drug-likeness (QED) is 0.496. The van der Waals surface area contributed by atoms with Gasteiger partial charge in [0.2, 0.25) is 17.7 Å². The molecule has 1 unspecified atom stereocenters. The van der Waals surface area contributed by atoms with Crippen molar-refractivity contribution in [3.05, 3.63) is 58.9 Å². The van der Waals surface area contributed by atoms with Crippen LogP contribution in [0.4, 0.5) is 4.39 Å². The van der Waals surface area contributed by atoms with Crippen LogP contribution in [-0.4, -0.2) is 30.8 Å². The smallest absolute Gasteiger partial charge is 0.237 e. The maximum absolute atomic E-state index is 13.3. The van der Waals surface area contributed by atoms with Crippen LogP contribution in [-0.2, 0) is 14.4 Å². The molecule has 0 radical (unpaired) electrons. The molecule has 6 nitrogen and oxygen atoms in total. The molecule has 0 heterocycles. The lowest BCUT2D eigenvalue weighted by Crippen LogP contribution is -2.40. The number of rotatable bonds is 7. The molecule has 27 heavy (non-hydrogen) atoms. The molecular formula is C19H19ClFN3O3. The number of primary amides is 1. The lowest BCUT2D eigenvalue weighted by atomic mass is 9.95. The molecule has 0 saturated heterocycles. The SMILES string of the molecule is CC(=O)NCCNC(=O)C(C(N)=O)c1ccc(-c2ccc(F)c(Cl)c2)cc1. The van der Waals surface area contributed by atoms with Crippen LogP contribution in [0.2, 0.25) is 5.02 Å². The Hall–Kier alpha value is -2.93. The molecule has 0 spiro atoms. The minimum absolute atomic E-state index is 0.00476. The first-order valence-corrected chi connectivity index (χ1v) is 8.54. The highest BCUT2D eigenvalue weighted by Gasteiger charge is 2.26. The Morgan fingerprint density at radius 1 is 1.04 bits per heavy atom. The fourth-order valence-electron chi connectivity index (χ4n) is 2.51. The van der Waals surface area contributed by atoms with Crippen LogP contribution in [0.15, 0.2) is 42.5 Å². The average Bonchev–Trinajstić information content (AvgIpc) is 2.61. The molecule has 2 rings (SSSR count). The molecule has 142 valence electrons. The number of hydrogen-bond donors (Lipinski definition) is 3. The third kappa shape index (κ3) is 5.52. The molecule has 0 aromatic heterocycles. The summed E-state index contributed by atoms with van der Waals surface area (Å²) in [7, 11) is 0. The number of nitrogens with two attached hydrogens (primary N) is 1. The van der Waals surface area contributed by atoms with Gasteiger partial charge in [-0.2, -0.15) is 0 Å². The summed E-state index contributed by atoms with van der Waals surface area (Å²) in [6.45, 7) is 1.79. The van der Waals surface area contributed by atoms with Gasteiger partial charge >= 0.3 is 0 Å². The average molecular weight is 392 g/mol. The van der Waals surface area contributed by atoms with E-state index in [1.54, 1.807) is 30.3 Å². The van der Waals surface area contributed by atoms with Gasteiger partial charge in [0, 0.05) is 20.0 Å². The van der Waals surface area contributed by atoms with Crippen molar-refractivity contribution in [3.8, 4) is 11.1 Å². The van der Waals surface area contributed by atoms with Gasteiger partial charge in [-0.05, 0) is 28.8 Å². The van der Waals surface area contributed by atoms with E-state index in [2.05, 4.69) is 10.6 Å². The zero-order valence-corrected chi connectivity index (χ0v) is 15.3. The van der Waals surface area contributed by atoms with E-state index in [0.717, 1.165) is 5.56 Å². The van der Waals surface area contributed by atoms with Crippen molar-refractivity contribution in [2.24, 2.45) is 5.73 Å². The van der Waals surface area contributed by atoms with E-state index >= 15 is 0 Å². The summed E-state index contributed by atoms with van der Waals surface area (Å²) in [5.74, 6) is -3.22. The van der Waals surface area contributed by atoms with Gasteiger partial charge in [-0.1, -0.05) is 41.9 Å². The van der Waals surface area contributed by atoms with Crippen LogP contribution in [0, 0.1) is 5.82 Å². The lowest BCUT2D eigenvalue weighted by Gasteiger charge is -2.15. The number of hydrogen-bond acceptors (Lipinski definition) is 3. The molecule has 3 amide bonds. The predicted octanol–water partition coefficient (Wildman–Crippen LogP) is 1.97. The van der Waals surface area contributed by atoms with Gasteiger partial charge < -0.3 is 16.4 Å². The van der Waals surface area contributed by atoms with Gasteiger partial charge in [0.1, 0.15) is 11.7 Å². The topological polar surface area (TPSA) is 101 Å². The fraction of sp³-hybridized carbons (Fsp3) is 0.211. The summed E-state index contributed by atoms with van der Waals surface area (Å²) >= 11 is 5.79. The highest BCUT2D eigenvalue weighted by Crippen LogP contribution is 2.26. The number of carbonyl (C=O) groups is 3. The molecule has 4 N–H and O–H groups in total. The number of carbonyl (C=O) groups excluding carboxylic acids is 3. The monoisotopic (exact) mass is 391 g/mol. The van der Waals surface area contributed by atoms with Gasteiger partial charge in [-0.15, -0.1) is 0 Å². The normalized spacial score (nSPS) is 11.5. The largest absolute Gasteiger partial charge is 0.369 e. The molecular weight excluding hydrogens is 373 g/mol. The van der Waals surface area contributed by atoms with Crippen LogP contribution in [0.1, 0.15) is 18.4 Å². The van der Waals surface area contributed by atoms with E-state index in [1.807, 2.05) is 0 Å². The second kappa shape index (κ2) is 9.14. The molecule has 0 aliphatic heterocycles. The first-order valence-electron chi connectivity index (χ1n) is 8.16. The second-order valence-corrected chi connectivity index (χ2v) is 6.27. The molecule has 0 aliphatic carbocycles. The Morgan fingerprint density at radius 3 is 2.19 bits per heavy atom. The van der Waals surface area contributed by atoms with E-state index in [4.69, 9.17) is 17.3 Å². The van der Waals surface area contributed by atoms with Crippen LogP contribution >= 0.6 is 11.6 Å². The number of amides is 3. The minimum Gasteiger partial charge on any atom is -0.369 e. The third-order valence-corrected chi connectivity index (χ3v) is 4.13. The van der Waals surface area contributed by atoms with Crippen molar-refractivity contribution in [1.29, 1.82) is 0 Å². The second-order valence-electron chi connectivity index (χ2n) is 5.86. The van der Waals surface area contributed by atoms with Gasteiger partial charge in [-0.3, -0.25) is 14.4 Å². The van der Waals surface area contributed by atoms with Gasteiger partial charge in [0.05, 0.1) is 5.02 Å². The van der Waals surface area contributed by atoms with Crippen molar-refractivity contribution in [1.82, 2.24) is 10.6 Å². The highest BCUT2D eigenvalue weighted by molar-refractivity contribution is 6.31. The van der Waals surface area contributed by atoms with E-state index < -0.39 is 23.5 Å². The van der Waals surface area contributed by atoms with Crippen LogP contribution in [0.25, 0.3) is 11.1 Å². The zero-order valence-electron chi connectivity index (χ0n) is 14.6. The Balaban J connectivity index is 2.13. The summed E-state index contributed by atoms with van der Waals surface area (Å²) in [5, 5.41) is 5.10. The standard InChI is InChI=1S/C19H19ClFN3O3/c1-11(25)23-8-9-24-19(27)17(18(22)26)13-4-2-12(3-5-13)14-6-7-16(21)15(20)10-14/h2-7,10,17H,8-9H2,1H3,(H2,22,26)(H,23,25)(H,24,27). The summed E-state index contributed by atoms with van der Waals surface area (Å²) in [6, 6.07) is 10.9. The maximum Gasteiger partial charge on any atom is 0.237 e. The Kier molecular flexibility index (Phi) is 6.90. The summed E-state index contributed by atoms with van der Waals surface area (Å²) in [4.78, 5) is 34.8. The van der Waals surface area contributed by atoms with E-state index in [-0.39, 0.29) is 24.0 Å². The van der Waals surface area contributed by atoms with Gasteiger partial charge in [0.25, 0.3) is 0 Å². The number of nitrogens with one attached hydrogen (secondary N) is 2. The maximum atomic E-state index is 13.3. The molecule has 0 aliphatic rings. The minimum atomic E-state index is -1.16. The molecule has 0 saturated carbocycles. The van der Waals surface area contributed by atoms with E-state index in [9.17, 15) is 18.8 Å². The number of benzene rings is 2. The van der Waals surface area contributed by atoms with Crippen molar-refractivity contribution >= 4 is 29.3 Å². The van der Waals surface area contributed by atoms with E-state index in [1.165, 1.54) is 19.1 Å². The fourth-order valence-corrected chi connectivity index (χ4v) is 2.70. The Morgan fingerprint density at radius 2 is 1.63 bits per heavy atom. The van der Waals surface area contributed by atoms with Gasteiger partial charge in [0.15, 0.2) is 0 Å². The van der Waals surface area contributed by atoms with Crippen LogP contribution in [0.5, 0.6) is 0 Å². The predicted molar refractivity (Wildman–Crippen MR) is 100 cm³/mol. The molecule has 0 fully saturated rings. The molecule has 2 aromatic rings. The van der Waals surface area contributed by atoms with Crippen LogP contribution in [0.3, 0.4) is 0 Å². The summed E-state index contributed by atoms with van der Waals surface area (Å²) in [5.41, 5.74) is 7.25. The van der Waals surface area contributed by atoms with Crippen molar-refractivity contribution < 1.29 is 18.8 Å². The third-order valence-electron chi connectivity index (χ3n) is 3.84. The van der Waals surface area contributed by atoms with Crippen molar-refractivity contribution in [2.75, 3.05) is 13.1 Å². The Labute approximate surface area is 160 Å². The highest BCUT2D eigenvalue weighted by atomic mass is 35.5.